The van der Waals surface area contributed by atoms with E-state index < -0.39 is 0 Å². The van der Waals surface area contributed by atoms with Crippen LogP contribution in [0.5, 0.6) is 0 Å². The van der Waals surface area contributed by atoms with E-state index in [0.29, 0.717) is 0 Å². The Kier molecular flexibility index (Phi) is 2.58. The molecule has 0 amide bonds. The summed E-state index contributed by atoms with van der Waals surface area (Å²) >= 11 is 1.60. The van der Waals surface area contributed by atoms with E-state index in [4.69, 9.17) is 0 Å². The quantitative estimate of drug-likeness (QED) is 0.819. The van der Waals surface area contributed by atoms with Crippen LogP contribution in [0.2, 0.25) is 0 Å². The molecule has 0 bridgehead atoms. The summed E-state index contributed by atoms with van der Waals surface area (Å²) in [6.45, 7) is 0. The number of hydrogen-bond donors (Lipinski definition) is 0. The van der Waals surface area contributed by atoms with Gasteiger partial charge < -0.3 is 0 Å². The van der Waals surface area contributed by atoms with Crippen LogP contribution in [0.1, 0.15) is 22.8 Å². The number of tetrazole rings is 1. The van der Waals surface area contributed by atoms with E-state index in [0.717, 1.165) is 23.6 Å². The molecule has 1 aromatic carbocycles. The zero-order chi connectivity index (χ0) is 11.8. The van der Waals surface area contributed by atoms with Gasteiger partial charge in [0.2, 0.25) is 5.16 Å². The second-order valence-corrected chi connectivity index (χ2v) is 5.24. The summed E-state index contributed by atoms with van der Waals surface area (Å²) in [5.41, 5.74) is 2.32. The van der Waals surface area contributed by atoms with Crippen molar-refractivity contribution in [2.75, 3.05) is 0 Å². The minimum Gasteiger partial charge on any atom is -0.224 e. The summed E-state index contributed by atoms with van der Waals surface area (Å²) in [6.07, 6.45) is 2.01. The predicted molar refractivity (Wildman–Crippen MR) is 62.1 cm³/mol. The number of aryl methyl sites for hydroxylation is 2. The Bertz CT molecular complexity index is 554. The molecule has 17 heavy (non-hydrogen) atoms. The lowest BCUT2D eigenvalue weighted by atomic mass is 10.1. The third-order valence-corrected chi connectivity index (χ3v) is 4.29. The van der Waals surface area contributed by atoms with Crippen molar-refractivity contribution in [1.82, 2.24) is 20.2 Å². The topological polar surface area (TPSA) is 43.6 Å². The number of nitrogens with zero attached hydrogens (tertiary/aromatic N) is 4. The lowest BCUT2D eigenvalue weighted by Crippen LogP contribution is -1.96. The smallest absolute Gasteiger partial charge is 0.209 e. The van der Waals surface area contributed by atoms with Gasteiger partial charge in [-0.25, -0.2) is 9.07 Å². The molecular weight excluding hydrogens is 239 g/mol. The lowest BCUT2D eigenvalue weighted by molar-refractivity contribution is 0.625. The molecule has 0 radical (unpaired) electrons. The number of aromatic nitrogens is 4. The van der Waals surface area contributed by atoms with Crippen LogP contribution in [0.4, 0.5) is 4.39 Å². The van der Waals surface area contributed by atoms with Crippen LogP contribution in [0.25, 0.3) is 0 Å². The molecule has 1 unspecified atom stereocenters. The first-order chi connectivity index (χ1) is 8.24. The average Bonchev–Trinajstić information content (AvgIpc) is 2.88. The van der Waals surface area contributed by atoms with Crippen LogP contribution in [0.3, 0.4) is 0 Å². The van der Waals surface area contributed by atoms with Gasteiger partial charge in [-0.05, 0) is 46.5 Å². The number of benzene rings is 1. The number of thioether (sulfide) groups is 1. The fourth-order valence-corrected chi connectivity index (χ4v) is 3.22. The highest BCUT2D eigenvalue weighted by Gasteiger charge is 2.25. The van der Waals surface area contributed by atoms with Crippen molar-refractivity contribution in [2.45, 2.75) is 23.2 Å². The fourth-order valence-electron chi connectivity index (χ4n) is 2.11. The third-order valence-electron chi connectivity index (χ3n) is 2.96. The Morgan fingerprint density at radius 1 is 1.47 bits per heavy atom. The molecule has 1 atom stereocenters. The fraction of sp³-hybridized carbons (Fsp3) is 0.364. The molecule has 0 N–H and O–H groups in total. The van der Waals surface area contributed by atoms with Crippen molar-refractivity contribution in [3.63, 3.8) is 0 Å². The average molecular weight is 250 g/mol. The van der Waals surface area contributed by atoms with Gasteiger partial charge in [0, 0.05) is 12.3 Å². The lowest BCUT2D eigenvalue weighted by Gasteiger charge is -2.09. The van der Waals surface area contributed by atoms with Gasteiger partial charge in [-0.3, -0.25) is 0 Å². The number of fused-ring (bicyclic) bond motifs is 1. The molecule has 4 nitrogen and oxygen atoms in total. The van der Waals surface area contributed by atoms with E-state index in [-0.39, 0.29) is 11.1 Å². The molecule has 0 saturated heterocycles. The van der Waals surface area contributed by atoms with Crippen LogP contribution in [-0.4, -0.2) is 20.2 Å². The summed E-state index contributed by atoms with van der Waals surface area (Å²) in [4.78, 5) is 0. The maximum atomic E-state index is 13.2. The van der Waals surface area contributed by atoms with Crippen LogP contribution in [0, 0.1) is 5.82 Å². The minimum atomic E-state index is -0.174. The zero-order valence-corrected chi connectivity index (χ0v) is 10.1. The molecule has 2 aromatic rings. The Labute approximate surface area is 102 Å². The molecule has 0 fully saturated rings. The molecule has 6 heteroatoms. The predicted octanol–water partition coefficient (Wildman–Crippen LogP) is 2.13. The molecule has 1 aromatic heterocycles. The summed E-state index contributed by atoms with van der Waals surface area (Å²) in [7, 11) is 1.81. The first-order valence-corrected chi connectivity index (χ1v) is 6.29. The largest absolute Gasteiger partial charge is 0.224 e. The SMILES string of the molecule is Cn1nnnc1SC1CCc2ccc(F)cc21. The van der Waals surface area contributed by atoms with Gasteiger partial charge in [-0.1, -0.05) is 17.8 Å². The maximum absolute atomic E-state index is 13.2. The zero-order valence-electron chi connectivity index (χ0n) is 9.30. The first kappa shape index (κ1) is 10.7. The van der Waals surface area contributed by atoms with Crippen LogP contribution >= 0.6 is 11.8 Å². The van der Waals surface area contributed by atoms with E-state index in [1.807, 2.05) is 13.1 Å². The van der Waals surface area contributed by atoms with Gasteiger partial charge in [-0.2, -0.15) is 0 Å². The highest BCUT2D eigenvalue weighted by molar-refractivity contribution is 7.99. The van der Waals surface area contributed by atoms with Gasteiger partial charge in [0.1, 0.15) is 5.82 Å². The highest BCUT2D eigenvalue weighted by atomic mass is 32.2. The van der Waals surface area contributed by atoms with Gasteiger partial charge >= 0.3 is 0 Å². The molecule has 0 spiro atoms. The van der Waals surface area contributed by atoms with E-state index >= 15 is 0 Å². The molecule has 0 aliphatic heterocycles. The van der Waals surface area contributed by atoms with Crippen LogP contribution < -0.4 is 0 Å². The molecule has 0 saturated carbocycles. The highest BCUT2D eigenvalue weighted by Crippen LogP contribution is 2.43. The van der Waals surface area contributed by atoms with E-state index in [1.54, 1.807) is 22.5 Å². The van der Waals surface area contributed by atoms with Crippen LogP contribution in [-0.2, 0) is 13.5 Å². The molecule has 1 aliphatic carbocycles. The molecule has 1 heterocycles. The second-order valence-electron chi connectivity index (χ2n) is 4.07. The Morgan fingerprint density at radius 3 is 3.12 bits per heavy atom. The Hall–Kier alpha value is -1.43. The van der Waals surface area contributed by atoms with Gasteiger partial charge in [0.25, 0.3) is 0 Å². The Morgan fingerprint density at radius 2 is 2.35 bits per heavy atom. The van der Waals surface area contributed by atoms with Crippen molar-refractivity contribution >= 4 is 11.8 Å². The normalized spacial score (nSPS) is 18.4. The van der Waals surface area contributed by atoms with E-state index in [9.17, 15) is 4.39 Å². The van der Waals surface area contributed by atoms with Crippen molar-refractivity contribution in [2.24, 2.45) is 7.05 Å². The summed E-state index contributed by atoms with van der Waals surface area (Å²) < 4.78 is 14.9. The molecule has 1 aliphatic rings. The van der Waals surface area contributed by atoms with Crippen molar-refractivity contribution in [1.29, 1.82) is 0 Å². The van der Waals surface area contributed by atoms with Crippen molar-refractivity contribution in [3.8, 4) is 0 Å². The van der Waals surface area contributed by atoms with Gasteiger partial charge in [0.15, 0.2) is 0 Å². The summed E-state index contributed by atoms with van der Waals surface area (Å²) in [5, 5.41) is 12.4. The third kappa shape index (κ3) is 1.93. The monoisotopic (exact) mass is 250 g/mol. The standard InChI is InChI=1S/C11H11FN4S/c1-16-11(13-14-15-16)17-10-5-3-7-2-4-8(12)6-9(7)10/h2,4,6,10H,3,5H2,1H3. The molecule has 88 valence electrons. The summed E-state index contributed by atoms with van der Waals surface area (Å²) in [5.74, 6) is -0.174. The second kappa shape index (κ2) is 4.10. The maximum Gasteiger partial charge on any atom is 0.209 e. The van der Waals surface area contributed by atoms with Gasteiger partial charge in [-0.15, -0.1) is 5.10 Å². The minimum absolute atomic E-state index is 0.174. The first-order valence-electron chi connectivity index (χ1n) is 5.41. The van der Waals surface area contributed by atoms with E-state index in [1.165, 1.54) is 11.6 Å². The van der Waals surface area contributed by atoms with E-state index in [2.05, 4.69) is 15.5 Å². The Balaban J connectivity index is 1.89. The molecular formula is C11H11FN4S. The van der Waals surface area contributed by atoms with Crippen molar-refractivity contribution < 1.29 is 4.39 Å². The summed E-state index contributed by atoms with van der Waals surface area (Å²) in [6, 6.07) is 5.03. The van der Waals surface area contributed by atoms with Crippen LogP contribution in [0.15, 0.2) is 23.4 Å². The van der Waals surface area contributed by atoms with Gasteiger partial charge in [0.05, 0.1) is 0 Å². The number of halogens is 1. The number of hydrogen-bond acceptors (Lipinski definition) is 4. The number of rotatable bonds is 2. The van der Waals surface area contributed by atoms with Crippen molar-refractivity contribution in [3.05, 3.63) is 35.1 Å². The molecule has 3 rings (SSSR count).